The molecule has 1 aromatic rings. The second kappa shape index (κ2) is 4.33. The van der Waals surface area contributed by atoms with Crippen LogP contribution in [0.2, 0.25) is 0 Å². The number of benzene rings is 1. The lowest BCUT2D eigenvalue weighted by atomic mass is 9.97. The Morgan fingerprint density at radius 1 is 1.43 bits per heavy atom. The number of carboxylic acid groups (broad SMARTS) is 1. The standard InChI is InChI=1S/C10H10O3.ClH/c11-10(12)8-5-7-3-1-2-4-9(7)13-6-8;/h1-4,8H,5-6H2,(H,11,12);1H. The molecule has 76 valence electrons. The van der Waals surface area contributed by atoms with Crippen LogP contribution in [0.25, 0.3) is 0 Å². The molecule has 14 heavy (non-hydrogen) atoms. The van der Waals surface area contributed by atoms with E-state index in [4.69, 9.17) is 9.84 Å². The molecule has 3 nitrogen and oxygen atoms in total. The number of fused-ring (bicyclic) bond motifs is 1. The summed E-state index contributed by atoms with van der Waals surface area (Å²) in [7, 11) is 0. The van der Waals surface area contributed by atoms with Crippen molar-refractivity contribution in [3.63, 3.8) is 0 Å². The molecule has 0 saturated heterocycles. The first-order valence-electron chi connectivity index (χ1n) is 4.21. The van der Waals surface area contributed by atoms with Gasteiger partial charge in [-0.1, -0.05) is 18.2 Å². The Morgan fingerprint density at radius 2 is 2.14 bits per heavy atom. The Labute approximate surface area is 88.1 Å². The normalized spacial score (nSPS) is 18.7. The van der Waals surface area contributed by atoms with Crippen molar-refractivity contribution in [3.05, 3.63) is 29.8 Å². The zero-order chi connectivity index (χ0) is 9.26. The van der Waals surface area contributed by atoms with Gasteiger partial charge in [0.25, 0.3) is 0 Å². The molecule has 0 aliphatic carbocycles. The van der Waals surface area contributed by atoms with Crippen LogP contribution in [0.4, 0.5) is 0 Å². The number of para-hydroxylation sites is 1. The van der Waals surface area contributed by atoms with Gasteiger partial charge in [0.15, 0.2) is 0 Å². The van der Waals surface area contributed by atoms with Crippen molar-refractivity contribution in [3.8, 4) is 5.75 Å². The highest BCUT2D eigenvalue weighted by Gasteiger charge is 2.24. The Kier molecular flexibility index (Phi) is 3.36. The van der Waals surface area contributed by atoms with E-state index >= 15 is 0 Å². The molecule has 1 heterocycles. The van der Waals surface area contributed by atoms with Gasteiger partial charge in [0.1, 0.15) is 12.4 Å². The summed E-state index contributed by atoms with van der Waals surface area (Å²) in [5, 5.41) is 8.78. The van der Waals surface area contributed by atoms with Crippen molar-refractivity contribution >= 4 is 18.4 Å². The average molecular weight is 215 g/mol. The predicted molar refractivity (Wildman–Crippen MR) is 54.0 cm³/mol. The van der Waals surface area contributed by atoms with E-state index in [-0.39, 0.29) is 19.0 Å². The fourth-order valence-corrected chi connectivity index (χ4v) is 1.49. The van der Waals surface area contributed by atoms with Crippen molar-refractivity contribution in [2.24, 2.45) is 5.92 Å². The van der Waals surface area contributed by atoms with Gasteiger partial charge in [-0.05, 0) is 18.1 Å². The summed E-state index contributed by atoms with van der Waals surface area (Å²) in [4.78, 5) is 10.7. The summed E-state index contributed by atoms with van der Waals surface area (Å²) < 4.78 is 5.32. The van der Waals surface area contributed by atoms with Crippen LogP contribution in [-0.4, -0.2) is 17.7 Å². The van der Waals surface area contributed by atoms with Gasteiger partial charge in [0, 0.05) is 0 Å². The van der Waals surface area contributed by atoms with Crippen LogP contribution < -0.4 is 4.74 Å². The van der Waals surface area contributed by atoms with Gasteiger partial charge in [-0.15, -0.1) is 12.4 Å². The number of halogens is 1. The highest BCUT2D eigenvalue weighted by Crippen LogP contribution is 2.26. The second-order valence-electron chi connectivity index (χ2n) is 3.16. The van der Waals surface area contributed by atoms with Crippen molar-refractivity contribution < 1.29 is 14.6 Å². The molecule has 0 spiro atoms. The smallest absolute Gasteiger partial charge is 0.310 e. The monoisotopic (exact) mass is 214 g/mol. The van der Waals surface area contributed by atoms with Crippen LogP contribution in [0.15, 0.2) is 24.3 Å². The number of rotatable bonds is 1. The van der Waals surface area contributed by atoms with Crippen LogP contribution in [0.3, 0.4) is 0 Å². The Hall–Kier alpha value is -1.22. The molecular weight excluding hydrogens is 204 g/mol. The quantitative estimate of drug-likeness (QED) is 0.775. The summed E-state index contributed by atoms with van der Waals surface area (Å²) in [6.07, 6.45) is 0.575. The zero-order valence-corrected chi connectivity index (χ0v) is 8.29. The molecule has 0 fully saturated rings. The Balaban J connectivity index is 0.000000980. The minimum atomic E-state index is -0.783. The number of carbonyl (C=O) groups is 1. The predicted octanol–water partition coefficient (Wildman–Crippen LogP) is 1.74. The third-order valence-electron chi connectivity index (χ3n) is 2.23. The van der Waals surface area contributed by atoms with E-state index in [9.17, 15) is 4.79 Å². The summed E-state index contributed by atoms with van der Waals surface area (Å²) in [5.74, 6) is -0.357. The minimum Gasteiger partial charge on any atom is -0.492 e. The number of carboxylic acids is 1. The lowest BCUT2D eigenvalue weighted by Crippen LogP contribution is -2.27. The topological polar surface area (TPSA) is 46.5 Å². The van der Waals surface area contributed by atoms with Crippen molar-refractivity contribution in [1.29, 1.82) is 0 Å². The Bertz CT molecular complexity index is 338. The van der Waals surface area contributed by atoms with Crippen molar-refractivity contribution in [2.75, 3.05) is 6.61 Å². The minimum absolute atomic E-state index is 0. The summed E-state index contributed by atoms with van der Waals surface area (Å²) in [5.41, 5.74) is 0.987. The van der Waals surface area contributed by atoms with Gasteiger partial charge in [0.2, 0.25) is 0 Å². The van der Waals surface area contributed by atoms with E-state index < -0.39 is 11.9 Å². The highest BCUT2D eigenvalue weighted by atomic mass is 35.5. The molecule has 1 N–H and O–H groups in total. The summed E-state index contributed by atoms with van der Waals surface area (Å²) in [6, 6.07) is 7.56. The average Bonchev–Trinajstić information content (AvgIpc) is 2.17. The van der Waals surface area contributed by atoms with E-state index in [1.165, 1.54) is 0 Å². The first kappa shape index (κ1) is 10.9. The maximum atomic E-state index is 10.7. The van der Waals surface area contributed by atoms with Crippen molar-refractivity contribution in [2.45, 2.75) is 6.42 Å². The van der Waals surface area contributed by atoms with Crippen molar-refractivity contribution in [1.82, 2.24) is 0 Å². The molecule has 1 unspecified atom stereocenters. The van der Waals surface area contributed by atoms with E-state index in [1.807, 2.05) is 24.3 Å². The third-order valence-corrected chi connectivity index (χ3v) is 2.23. The fraction of sp³-hybridized carbons (Fsp3) is 0.300. The van der Waals surface area contributed by atoms with Gasteiger partial charge in [0.05, 0.1) is 5.92 Å². The molecule has 0 bridgehead atoms. The lowest BCUT2D eigenvalue weighted by Gasteiger charge is -2.21. The maximum absolute atomic E-state index is 10.7. The number of hydrogen-bond donors (Lipinski definition) is 1. The Morgan fingerprint density at radius 3 is 2.86 bits per heavy atom. The first-order chi connectivity index (χ1) is 6.27. The first-order valence-corrected chi connectivity index (χ1v) is 4.21. The molecule has 2 rings (SSSR count). The van der Waals surface area contributed by atoms with E-state index in [1.54, 1.807) is 0 Å². The molecule has 1 aromatic carbocycles. The lowest BCUT2D eigenvalue weighted by molar-refractivity contribution is -0.143. The SMILES string of the molecule is Cl.O=C(O)C1COc2ccccc2C1. The van der Waals surface area contributed by atoms with Gasteiger partial charge in [-0.2, -0.15) is 0 Å². The molecule has 1 atom stereocenters. The highest BCUT2D eigenvalue weighted by molar-refractivity contribution is 5.85. The van der Waals surface area contributed by atoms with Crippen LogP contribution in [0.1, 0.15) is 5.56 Å². The molecule has 0 saturated carbocycles. The molecule has 4 heteroatoms. The van der Waals surface area contributed by atoms with E-state index in [2.05, 4.69) is 0 Å². The van der Waals surface area contributed by atoms with Crippen LogP contribution in [0, 0.1) is 5.92 Å². The van der Waals surface area contributed by atoms with Gasteiger partial charge < -0.3 is 9.84 Å². The van der Waals surface area contributed by atoms with Gasteiger partial charge >= 0.3 is 5.97 Å². The molecule has 1 aliphatic heterocycles. The molecule has 0 aromatic heterocycles. The van der Waals surface area contributed by atoms with E-state index in [0.29, 0.717) is 6.42 Å². The molecule has 1 aliphatic rings. The fourth-order valence-electron chi connectivity index (χ4n) is 1.49. The summed E-state index contributed by atoms with van der Waals surface area (Å²) in [6.45, 7) is 0.284. The van der Waals surface area contributed by atoms with Crippen LogP contribution in [0.5, 0.6) is 5.75 Å². The maximum Gasteiger partial charge on any atom is 0.310 e. The van der Waals surface area contributed by atoms with Gasteiger partial charge in [-0.3, -0.25) is 4.79 Å². The second-order valence-corrected chi connectivity index (χ2v) is 3.16. The zero-order valence-electron chi connectivity index (χ0n) is 7.47. The number of aliphatic carboxylic acids is 1. The van der Waals surface area contributed by atoms with Gasteiger partial charge in [-0.25, -0.2) is 0 Å². The number of ether oxygens (including phenoxy) is 1. The third kappa shape index (κ3) is 1.99. The molecular formula is C10H11ClO3. The van der Waals surface area contributed by atoms with Crippen LogP contribution in [-0.2, 0) is 11.2 Å². The van der Waals surface area contributed by atoms with Crippen LogP contribution >= 0.6 is 12.4 Å². The largest absolute Gasteiger partial charge is 0.492 e. The molecule has 0 radical (unpaired) electrons. The van der Waals surface area contributed by atoms with E-state index in [0.717, 1.165) is 11.3 Å². The summed E-state index contributed by atoms with van der Waals surface area (Å²) >= 11 is 0. The molecule has 0 amide bonds. The number of hydrogen-bond acceptors (Lipinski definition) is 2.